The van der Waals surface area contributed by atoms with E-state index < -0.39 is 65.8 Å². The molecule has 2 heterocycles. The minimum absolute atomic E-state index is 0. The molecule has 1 fully saturated rings. The Balaban J connectivity index is 0.00000676. The van der Waals surface area contributed by atoms with E-state index in [4.69, 9.17) is 4.74 Å². The van der Waals surface area contributed by atoms with Crippen molar-refractivity contribution in [1.29, 1.82) is 0 Å². The zero-order chi connectivity index (χ0) is 36.1. The van der Waals surface area contributed by atoms with Crippen LogP contribution in [0.2, 0.25) is 0 Å². The summed E-state index contributed by atoms with van der Waals surface area (Å²) in [4.78, 5) is 24.6. The molecule has 0 atom stereocenters. The van der Waals surface area contributed by atoms with Crippen molar-refractivity contribution in [2.75, 3.05) is 54.6 Å². The molecule has 0 saturated carbocycles. The van der Waals surface area contributed by atoms with Gasteiger partial charge in [0.1, 0.15) is 0 Å². The number of likely N-dealkylation sites (N-methyl/N-ethyl adjacent to an activating group) is 1. The molecule has 268 valence electrons. The Morgan fingerprint density at radius 3 is 1.90 bits per heavy atom. The van der Waals surface area contributed by atoms with E-state index in [0.717, 1.165) is 12.1 Å². The van der Waals surface area contributed by atoms with E-state index >= 15 is 0 Å². The summed E-state index contributed by atoms with van der Waals surface area (Å²) in [5, 5.41) is 11.2. The van der Waals surface area contributed by atoms with Gasteiger partial charge in [0.05, 0.1) is 41.4 Å². The van der Waals surface area contributed by atoms with Gasteiger partial charge in [-0.05, 0) is 67.3 Å². The second-order valence-corrected chi connectivity index (χ2v) is 11.5. The number of hydrogen-bond acceptors (Lipinski definition) is 8. The molecule has 1 aromatic heterocycles. The topological polar surface area (TPSA) is 84.9 Å². The number of carboxylic acids is 1. The number of carboxylic acid groups (broad SMARTS) is 1. The number of aromatic nitrogens is 2. The molecular weight excluding hydrogens is 696 g/mol. The van der Waals surface area contributed by atoms with Gasteiger partial charge < -0.3 is 29.3 Å². The Labute approximate surface area is 304 Å². The first kappa shape index (κ1) is 41.1. The third-order valence-corrected chi connectivity index (χ3v) is 8.18. The first-order valence-electron chi connectivity index (χ1n) is 15.2. The number of methoxy groups -OCH3 is 1. The molecule has 18 heteroatoms. The fraction of sp³-hybridized carbons (Fsp3) is 0.469. The van der Waals surface area contributed by atoms with Crippen molar-refractivity contribution in [2.24, 2.45) is 5.92 Å². The Bertz CT molecular complexity index is 1550. The molecule has 1 aliphatic heterocycles. The van der Waals surface area contributed by atoms with Crippen LogP contribution in [0.4, 0.5) is 56.8 Å². The molecule has 0 N–H and O–H groups in total. The van der Waals surface area contributed by atoms with Gasteiger partial charge in [0, 0.05) is 64.0 Å². The van der Waals surface area contributed by atoms with Crippen LogP contribution >= 0.6 is 0 Å². The van der Waals surface area contributed by atoms with Gasteiger partial charge >= 0.3 is 48.1 Å². The van der Waals surface area contributed by atoms with Crippen molar-refractivity contribution in [3.05, 3.63) is 76.6 Å². The summed E-state index contributed by atoms with van der Waals surface area (Å²) in [5.74, 6) is -1.97. The van der Waals surface area contributed by atoms with Crippen molar-refractivity contribution in [3.63, 3.8) is 0 Å². The molecule has 50 heavy (non-hydrogen) atoms. The fourth-order valence-corrected chi connectivity index (χ4v) is 5.60. The Kier molecular flexibility index (Phi) is 13.8. The van der Waals surface area contributed by atoms with Crippen molar-refractivity contribution < 1.29 is 83.7 Å². The number of ether oxygens (including phenoxy) is 1. The fourth-order valence-electron chi connectivity index (χ4n) is 5.60. The summed E-state index contributed by atoms with van der Waals surface area (Å²) in [5.41, 5.74) is -3.67. The van der Waals surface area contributed by atoms with Crippen LogP contribution in [0.5, 0.6) is 0 Å². The van der Waals surface area contributed by atoms with Gasteiger partial charge in [-0.25, -0.2) is 9.97 Å². The molecule has 0 amide bonds. The van der Waals surface area contributed by atoms with E-state index in [0.29, 0.717) is 56.0 Å². The molecular formula is C32H33F9N5NaO3. The third kappa shape index (κ3) is 10.6. The smallest absolute Gasteiger partial charge is 0.550 e. The minimum Gasteiger partial charge on any atom is -0.550 e. The number of nitrogens with zero attached hydrogens (tertiary/aromatic N) is 5. The zero-order valence-corrected chi connectivity index (χ0v) is 29.4. The predicted octanol–water partition coefficient (Wildman–Crippen LogP) is 3.18. The van der Waals surface area contributed by atoms with Crippen LogP contribution in [-0.4, -0.2) is 55.8 Å². The quantitative estimate of drug-likeness (QED) is 0.208. The Morgan fingerprint density at radius 1 is 0.860 bits per heavy atom. The first-order chi connectivity index (χ1) is 22.9. The van der Waals surface area contributed by atoms with E-state index in [1.807, 2.05) is 0 Å². The van der Waals surface area contributed by atoms with Crippen molar-refractivity contribution in [3.8, 4) is 0 Å². The summed E-state index contributed by atoms with van der Waals surface area (Å²) >= 11 is 0. The van der Waals surface area contributed by atoms with Crippen LogP contribution in [-0.2, 0) is 41.1 Å². The summed E-state index contributed by atoms with van der Waals surface area (Å²) in [6, 6.07) is 4.09. The van der Waals surface area contributed by atoms with Gasteiger partial charge in [-0.1, -0.05) is 0 Å². The van der Waals surface area contributed by atoms with Gasteiger partial charge in [0.15, 0.2) is 0 Å². The molecule has 0 bridgehead atoms. The number of alkyl halides is 9. The van der Waals surface area contributed by atoms with Crippen LogP contribution < -0.4 is 49.4 Å². The number of hydrogen-bond donors (Lipinski definition) is 0. The average Bonchev–Trinajstić information content (AvgIpc) is 3.04. The maximum absolute atomic E-state index is 13.9. The van der Waals surface area contributed by atoms with E-state index in [-0.39, 0.29) is 60.3 Å². The van der Waals surface area contributed by atoms with Crippen molar-refractivity contribution in [2.45, 2.75) is 51.4 Å². The molecule has 1 saturated heterocycles. The van der Waals surface area contributed by atoms with E-state index in [1.165, 1.54) is 30.5 Å². The molecule has 3 aromatic rings. The predicted molar refractivity (Wildman–Crippen MR) is 160 cm³/mol. The minimum atomic E-state index is -5.12. The summed E-state index contributed by atoms with van der Waals surface area (Å²) < 4.78 is 129. The molecule has 8 nitrogen and oxygen atoms in total. The van der Waals surface area contributed by atoms with Crippen LogP contribution in [0.1, 0.15) is 47.6 Å². The first-order valence-corrected chi connectivity index (χ1v) is 15.2. The molecule has 0 unspecified atom stereocenters. The van der Waals surface area contributed by atoms with Crippen LogP contribution in [0.25, 0.3) is 0 Å². The van der Waals surface area contributed by atoms with Crippen molar-refractivity contribution in [1.82, 2.24) is 9.97 Å². The summed E-state index contributed by atoms with van der Waals surface area (Å²) in [6.07, 6.45) is -11.7. The van der Waals surface area contributed by atoms with Crippen molar-refractivity contribution >= 4 is 23.3 Å². The average molecular weight is 730 g/mol. The third-order valence-electron chi connectivity index (χ3n) is 8.18. The summed E-state index contributed by atoms with van der Waals surface area (Å²) in [7, 11) is 1.44. The van der Waals surface area contributed by atoms with Gasteiger partial charge in [0.25, 0.3) is 0 Å². The molecule has 2 aromatic carbocycles. The number of carbonyl (C=O) groups excluding carboxylic acids is 1. The largest absolute Gasteiger partial charge is 1.00 e. The number of benzene rings is 2. The Morgan fingerprint density at radius 2 is 1.42 bits per heavy atom. The molecule has 0 radical (unpaired) electrons. The molecule has 4 rings (SSSR count). The van der Waals surface area contributed by atoms with Gasteiger partial charge in [-0.15, -0.1) is 0 Å². The number of carbonyl (C=O) groups is 1. The monoisotopic (exact) mass is 729 g/mol. The number of aliphatic carboxylic acids is 1. The molecule has 1 aliphatic rings. The number of halogens is 9. The number of rotatable bonds is 12. The van der Waals surface area contributed by atoms with Crippen LogP contribution in [0, 0.1) is 5.92 Å². The molecule has 0 spiro atoms. The van der Waals surface area contributed by atoms with Gasteiger partial charge in [-0.2, -0.15) is 39.5 Å². The summed E-state index contributed by atoms with van der Waals surface area (Å²) in [6.45, 7) is 2.17. The van der Waals surface area contributed by atoms with E-state index in [1.54, 1.807) is 16.7 Å². The second kappa shape index (κ2) is 16.8. The maximum Gasteiger partial charge on any atom is 1.00 e. The van der Waals surface area contributed by atoms with Gasteiger partial charge in [-0.3, -0.25) is 0 Å². The van der Waals surface area contributed by atoms with Crippen LogP contribution in [0.15, 0.2) is 48.8 Å². The SMILES string of the molecule is CCN(CCOC)c1ccc(C(F)(F)F)cc1CN(Cc1cc(C(F)(F)F)cc(C(F)(F)F)c1)c1ncc(N2CCC(C(=O)[O-])CC2)cn1.[Na+]. The maximum atomic E-state index is 13.9. The van der Waals surface area contributed by atoms with Crippen LogP contribution in [0.3, 0.4) is 0 Å². The number of anilines is 3. The van der Waals surface area contributed by atoms with E-state index in [2.05, 4.69) is 9.97 Å². The molecule has 0 aliphatic carbocycles. The van der Waals surface area contributed by atoms with Gasteiger partial charge in [0.2, 0.25) is 5.95 Å². The number of piperidine rings is 1. The van der Waals surface area contributed by atoms with E-state index in [9.17, 15) is 49.4 Å². The standard InChI is InChI=1S/C32H34F9N5O3.Na/c1-3-44(10-11-49-2)27-5-4-23(30(33,34)35)14-22(27)19-46(18-20-12-24(31(36,37)38)15-25(13-20)32(39,40)41)29-42-16-26(17-43-29)45-8-6-21(7-9-45)28(47)48;/h4-5,12-17,21H,3,6-11,18-19H2,1-2H3,(H,47,48);/q;+1/p-1. The zero-order valence-electron chi connectivity index (χ0n) is 27.4. The Hall–Kier alpha value is -3.28. The second-order valence-electron chi connectivity index (χ2n) is 11.5. The normalized spacial score (nSPS) is 14.3.